The van der Waals surface area contributed by atoms with Gasteiger partial charge in [-0.2, -0.15) is 5.10 Å². The molecule has 30 heavy (non-hydrogen) atoms. The summed E-state index contributed by atoms with van der Waals surface area (Å²) < 4.78 is 19.8. The summed E-state index contributed by atoms with van der Waals surface area (Å²) in [6.07, 6.45) is 1.75. The molecular formula is C23H20ClFN2O3. The Kier molecular flexibility index (Phi) is 6.47. The first-order valence-corrected chi connectivity index (χ1v) is 9.64. The van der Waals surface area contributed by atoms with Gasteiger partial charge in [-0.3, -0.25) is 4.79 Å². The van der Waals surface area contributed by atoms with E-state index in [1.54, 1.807) is 31.2 Å². The van der Waals surface area contributed by atoms with Crippen LogP contribution in [-0.2, 0) is 9.53 Å². The van der Waals surface area contributed by atoms with Gasteiger partial charge in [-0.15, -0.1) is 0 Å². The van der Waals surface area contributed by atoms with Crippen LogP contribution in [0.3, 0.4) is 0 Å². The monoisotopic (exact) mass is 426 g/mol. The fourth-order valence-corrected chi connectivity index (χ4v) is 3.16. The van der Waals surface area contributed by atoms with Gasteiger partial charge in [0.2, 0.25) is 5.78 Å². The molecule has 7 heteroatoms. The Morgan fingerprint density at radius 2 is 1.73 bits per heavy atom. The number of hydrogen-bond donors (Lipinski definition) is 0. The molecule has 5 nitrogen and oxygen atoms in total. The maximum Gasteiger partial charge on any atom is 0.331 e. The Hall–Kier alpha value is -3.25. The van der Waals surface area contributed by atoms with Gasteiger partial charge in [0.05, 0.1) is 11.4 Å². The molecule has 0 spiro atoms. The molecule has 0 fully saturated rings. The third kappa shape index (κ3) is 4.83. The Bertz CT molecular complexity index is 1100. The SMILES string of the molecule is Cc1ccc(C(=O)C(C)OC(=O)/C=C/c2c(C)nn(-c3ccc(F)cc3)c2Cl)cc1. The van der Waals surface area contributed by atoms with Crippen LogP contribution in [0.2, 0.25) is 5.15 Å². The van der Waals surface area contributed by atoms with Crippen molar-refractivity contribution >= 4 is 29.4 Å². The summed E-state index contributed by atoms with van der Waals surface area (Å²) in [7, 11) is 0. The number of hydrogen-bond acceptors (Lipinski definition) is 4. The van der Waals surface area contributed by atoms with E-state index < -0.39 is 12.1 Å². The Labute approximate surface area is 178 Å². The van der Waals surface area contributed by atoms with Crippen LogP contribution in [0.4, 0.5) is 4.39 Å². The molecule has 1 atom stereocenters. The molecule has 1 heterocycles. The molecule has 2 aromatic carbocycles. The second kappa shape index (κ2) is 9.05. The zero-order valence-corrected chi connectivity index (χ0v) is 17.5. The highest BCUT2D eigenvalue weighted by Gasteiger charge is 2.19. The molecule has 0 N–H and O–H groups in total. The molecule has 0 bridgehead atoms. The topological polar surface area (TPSA) is 61.2 Å². The Balaban J connectivity index is 1.71. The number of halogens is 2. The third-order valence-electron chi connectivity index (χ3n) is 4.50. The smallest absolute Gasteiger partial charge is 0.331 e. The summed E-state index contributed by atoms with van der Waals surface area (Å²) in [6.45, 7) is 5.19. The van der Waals surface area contributed by atoms with E-state index in [1.165, 1.54) is 35.9 Å². The van der Waals surface area contributed by atoms with Crippen LogP contribution in [0.5, 0.6) is 0 Å². The summed E-state index contributed by atoms with van der Waals surface area (Å²) in [5, 5.41) is 4.60. The molecule has 0 amide bonds. The molecule has 1 aromatic heterocycles. The van der Waals surface area contributed by atoms with Crippen LogP contribution in [-0.4, -0.2) is 27.6 Å². The number of Topliss-reactive ketones (excluding diaryl/α,β-unsaturated/α-hetero) is 1. The first kappa shape index (κ1) is 21.5. The average molecular weight is 427 g/mol. The number of esters is 1. The van der Waals surface area contributed by atoms with E-state index in [0.717, 1.165) is 5.56 Å². The van der Waals surface area contributed by atoms with E-state index in [1.807, 2.05) is 19.1 Å². The van der Waals surface area contributed by atoms with Gasteiger partial charge in [-0.25, -0.2) is 13.9 Å². The second-order valence-electron chi connectivity index (χ2n) is 6.82. The minimum absolute atomic E-state index is 0.270. The predicted octanol–water partition coefficient (Wildman–Crippen LogP) is 5.11. The van der Waals surface area contributed by atoms with Crippen molar-refractivity contribution in [2.75, 3.05) is 0 Å². The molecule has 0 aliphatic rings. The van der Waals surface area contributed by atoms with Gasteiger partial charge in [-0.1, -0.05) is 41.4 Å². The van der Waals surface area contributed by atoms with Gasteiger partial charge in [0.15, 0.2) is 6.10 Å². The van der Waals surface area contributed by atoms with E-state index in [2.05, 4.69) is 5.10 Å². The van der Waals surface area contributed by atoms with E-state index >= 15 is 0 Å². The highest BCUT2D eigenvalue weighted by Crippen LogP contribution is 2.25. The van der Waals surface area contributed by atoms with E-state index in [4.69, 9.17) is 16.3 Å². The van der Waals surface area contributed by atoms with Crippen molar-refractivity contribution in [3.8, 4) is 5.69 Å². The highest BCUT2D eigenvalue weighted by atomic mass is 35.5. The minimum Gasteiger partial charge on any atom is -0.451 e. The summed E-state index contributed by atoms with van der Waals surface area (Å²) in [5.41, 5.74) is 3.20. The van der Waals surface area contributed by atoms with Crippen molar-refractivity contribution in [2.45, 2.75) is 26.9 Å². The number of aromatic nitrogens is 2. The van der Waals surface area contributed by atoms with Crippen LogP contribution in [0.1, 0.15) is 34.1 Å². The molecule has 0 radical (unpaired) electrons. The Morgan fingerprint density at radius 3 is 2.37 bits per heavy atom. The van der Waals surface area contributed by atoms with Crippen molar-refractivity contribution < 1.29 is 18.7 Å². The lowest BCUT2D eigenvalue weighted by atomic mass is 10.1. The molecule has 0 aliphatic carbocycles. The number of rotatable bonds is 6. The number of benzene rings is 2. The van der Waals surface area contributed by atoms with Crippen molar-refractivity contribution in [3.05, 3.63) is 88.0 Å². The van der Waals surface area contributed by atoms with Crippen LogP contribution < -0.4 is 0 Å². The van der Waals surface area contributed by atoms with Crippen LogP contribution in [0.15, 0.2) is 54.6 Å². The normalized spacial score (nSPS) is 12.2. The van der Waals surface area contributed by atoms with Gasteiger partial charge in [0.25, 0.3) is 0 Å². The van der Waals surface area contributed by atoms with Gasteiger partial charge < -0.3 is 4.74 Å². The lowest BCUT2D eigenvalue weighted by molar-refractivity contribution is -0.140. The molecule has 3 rings (SSSR count). The summed E-state index contributed by atoms with van der Waals surface area (Å²) in [5.74, 6) is -1.32. The number of aryl methyl sites for hydroxylation is 2. The third-order valence-corrected chi connectivity index (χ3v) is 4.87. The lowest BCUT2D eigenvalue weighted by Crippen LogP contribution is -2.23. The van der Waals surface area contributed by atoms with Crippen molar-refractivity contribution in [2.24, 2.45) is 0 Å². The zero-order chi connectivity index (χ0) is 21.8. The summed E-state index contributed by atoms with van der Waals surface area (Å²) >= 11 is 6.39. The second-order valence-corrected chi connectivity index (χ2v) is 7.18. The quantitative estimate of drug-likeness (QED) is 0.312. The van der Waals surface area contributed by atoms with Crippen LogP contribution in [0.25, 0.3) is 11.8 Å². The maximum absolute atomic E-state index is 13.1. The molecule has 3 aromatic rings. The van der Waals surface area contributed by atoms with Gasteiger partial charge >= 0.3 is 5.97 Å². The minimum atomic E-state index is -0.927. The number of ether oxygens (including phenoxy) is 1. The van der Waals surface area contributed by atoms with Gasteiger partial charge in [0, 0.05) is 17.2 Å². The summed E-state index contributed by atoms with van der Waals surface area (Å²) in [4.78, 5) is 24.6. The van der Waals surface area contributed by atoms with Crippen molar-refractivity contribution in [1.82, 2.24) is 9.78 Å². The highest BCUT2D eigenvalue weighted by molar-refractivity contribution is 6.31. The predicted molar refractivity (Wildman–Crippen MR) is 113 cm³/mol. The van der Waals surface area contributed by atoms with E-state index in [9.17, 15) is 14.0 Å². The first-order valence-electron chi connectivity index (χ1n) is 9.27. The molecule has 0 saturated carbocycles. The van der Waals surface area contributed by atoms with E-state index in [0.29, 0.717) is 22.5 Å². The van der Waals surface area contributed by atoms with Crippen LogP contribution in [0, 0.1) is 19.7 Å². The van der Waals surface area contributed by atoms with Crippen molar-refractivity contribution in [1.29, 1.82) is 0 Å². The largest absolute Gasteiger partial charge is 0.451 e. The molecule has 0 aliphatic heterocycles. The fraction of sp³-hybridized carbons (Fsp3) is 0.174. The average Bonchev–Trinajstić information content (AvgIpc) is 3.00. The summed E-state index contributed by atoms with van der Waals surface area (Å²) in [6, 6.07) is 12.8. The van der Waals surface area contributed by atoms with Gasteiger partial charge in [-0.05, 0) is 51.1 Å². The fourth-order valence-electron chi connectivity index (χ4n) is 2.82. The lowest BCUT2D eigenvalue weighted by Gasteiger charge is -2.11. The van der Waals surface area contributed by atoms with E-state index in [-0.39, 0.29) is 16.8 Å². The van der Waals surface area contributed by atoms with Gasteiger partial charge in [0.1, 0.15) is 11.0 Å². The Morgan fingerprint density at radius 1 is 1.10 bits per heavy atom. The molecule has 0 saturated heterocycles. The first-order chi connectivity index (χ1) is 14.3. The standard InChI is InChI=1S/C23H20ClFN2O3/c1-14-4-6-17(7-5-14)22(29)16(3)30-21(28)13-12-20-15(2)26-27(23(20)24)19-10-8-18(25)9-11-19/h4-13,16H,1-3H3/b13-12+. The molecular weight excluding hydrogens is 407 g/mol. The molecule has 154 valence electrons. The zero-order valence-electron chi connectivity index (χ0n) is 16.7. The number of carbonyl (C=O) groups excluding carboxylic acids is 2. The van der Waals surface area contributed by atoms with Crippen LogP contribution >= 0.6 is 11.6 Å². The molecule has 1 unspecified atom stereocenters. The number of ketones is 1. The maximum atomic E-state index is 13.1. The van der Waals surface area contributed by atoms with Crippen molar-refractivity contribution in [3.63, 3.8) is 0 Å². The number of nitrogens with zero attached hydrogens (tertiary/aromatic N) is 2. The number of carbonyl (C=O) groups is 2.